The predicted molar refractivity (Wildman–Crippen MR) is 113 cm³/mol. The van der Waals surface area contributed by atoms with Gasteiger partial charge in [-0.05, 0) is 11.5 Å². The van der Waals surface area contributed by atoms with Gasteiger partial charge in [0.15, 0.2) is 0 Å². The van der Waals surface area contributed by atoms with E-state index in [0.717, 1.165) is 0 Å². The maximum absolute atomic E-state index is 2.24. The highest BCUT2D eigenvalue weighted by Crippen LogP contribution is 2.69. The topological polar surface area (TPSA) is 0 Å². The van der Waals surface area contributed by atoms with Crippen LogP contribution in [0.2, 0.25) is 0 Å². The van der Waals surface area contributed by atoms with Crippen molar-refractivity contribution in [1.82, 2.24) is 0 Å². The maximum Gasteiger partial charge on any atom is 0.0718 e. The Bertz CT molecular complexity index is 452. The fourth-order valence-electron chi connectivity index (χ4n) is 1.60. The Morgan fingerprint density at radius 3 is 1.80 bits per heavy atom. The maximum atomic E-state index is 2.24. The van der Waals surface area contributed by atoms with Crippen LogP contribution in [0.3, 0.4) is 0 Å². The molecule has 0 radical (unpaired) electrons. The molecule has 1 saturated heterocycles. The number of thioether (sulfide) groups is 8. The molecule has 0 aromatic carbocycles. The van der Waals surface area contributed by atoms with Crippen LogP contribution in [0.4, 0.5) is 0 Å². The number of hydrogen-bond donors (Lipinski definition) is 0. The summed E-state index contributed by atoms with van der Waals surface area (Å²) >= 11 is 16.1. The molecule has 0 N–H and O–H groups in total. The third-order valence-corrected chi connectivity index (χ3v) is 13.9. The Morgan fingerprint density at radius 1 is 0.800 bits per heavy atom. The summed E-state index contributed by atoms with van der Waals surface area (Å²) in [6.07, 6.45) is 0. The standard InChI is InChI=1S/C12H14S8/c1-3-13-7(14-4-2)9-17-11-12(18-9)20-10(19-11)8-15-5-6-16-8/h3-6H2,1-2H3. The van der Waals surface area contributed by atoms with E-state index in [-0.39, 0.29) is 0 Å². The van der Waals surface area contributed by atoms with Crippen molar-refractivity contribution in [2.45, 2.75) is 13.8 Å². The zero-order chi connectivity index (χ0) is 13.9. The molecular formula is C12H14S8. The molecule has 0 aromatic rings. The molecule has 3 aliphatic heterocycles. The third-order valence-electron chi connectivity index (χ3n) is 2.34. The van der Waals surface area contributed by atoms with Crippen LogP contribution in [0.1, 0.15) is 13.8 Å². The van der Waals surface area contributed by atoms with E-state index < -0.39 is 0 Å². The Morgan fingerprint density at radius 2 is 1.30 bits per heavy atom. The van der Waals surface area contributed by atoms with Crippen LogP contribution in [0, 0.1) is 0 Å². The van der Waals surface area contributed by atoms with Gasteiger partial charge in [0, 0.05) is 11.5 Å². The van der Waals surface area contributed by atoms with Crippen molar-refractivity contribution in [3.05, 3.63) is 25.4 Å². The van der Waals surface area contributed by atoms with E-state index in [0.29, 0.717) is 0 Å². The molecule has 0 aliphatic carbocycles. The SMILES string of the molecule is CCSC(SCC)=C1SC2=C(S1)SC(=C1SCCS1)S2. The van der Waals surface area contributed by atoms with E-state index in [4.69, 9.17) is 0 Å². The van der Waals surface area contributed by atoms with E-state index in [9.17, 15) is 0 Å². The molecule has 0 saturated carbocycles. The summed E-state index contributed by atoms with van der Waals surface area (Å²) in [5, 5.41) is 0. The molecule has 20 heavy (non-hydrogen) atoms. The first-order valence-electron chi connectivity index (χ1n) is 6.27. The molecule has 0 spiro atoms. The van der Waals surface area contributed by atoms with Crippen molar-refractivity contribution < 1.29 is 0 Å². The first kappa shape index (κ1) is 16.9. The first-order valence-corrected chi connectivity index (χ1v) is 13.5. The summed E-state index contributed by atoms with van der Waals surface area (Å²) in [6.45, 7) is 4.49. The quantitative estimate of drug-likeness (QED) is 0.463. The minimum Gasteiger partial charge on any atom is -0.118 e. The second kappa shape index (κ2) is 8.22. The van der Waals surface area contributed by atoms with Gasteiger partial charge >= 0.3 is 0 Å². The zero-order valence-electron chi connectivity index (χ0n) is 11.1. The second-order valence-corrected chi connectivity index (χ2v) is 14.1. The molecule has 0 nitrogen and oxygen atoms in total. The summed E-state index contributed by atoms with van der Waals surface area (Å²) in [6, 6.07) is 0. The van der Waals surface area contributed by atoms with Gasteiger partial charge < -0.3 is 0 Å². The molecule has 0 atom stereocenters. The van der Waals surface area contributed by atoms with Crippen molar-refractivity contribution in [2.75, 3.05) is 23.0 Å². The van der Waals surface area contributed by atoms with Crippen molar-refractivity contribution in [1.29, 1.82) is 0 Å². The van der Waals surface area contributed by atoms with Crippen molar-refractivity contribution >= 4 is 94.1 Å². The minimum absolute atomic E-state index is 1.17. The van der Waals surface area contributed by atoms with Crippen LogP contribution in [0.15, 0.2) is 25.4 Å². The van der Waals surface area contributed by atoms with Gasteiger partial charge in [0.25, 0.3) is 0 Å². The minimum atomic E-state index is 1.17. The van der Waals surface area contributed by atoms with Crippen LogP contribution >= 0.6 is 94.1 Å². The van der Waals surface area contributed by atoms with Crippen LogP contribution in [-0.4, -0.2) is 23.0 Å². The van der Waals surface area contributed by atoms with Crippen molar-refractivity contribution in [3.8, 4) is 0 Å². The Kier molecular flexibility index (Phi) is 6.93. The Balaban J connectivity index is 1.69. The summed E-state index contributed by atoms with van der Waals surface area (Å²) in [5.41, 5.74) is 0. The molecule has 8 heteroatoms. The van der Waals surface area contributed by atoms with Gasteiger partial charge in [0.05, 0.1) is 25.4 Å². The van der Waals surface area contributed by atoms with E-state index in [1.54, 1.807) is 4.24 Å². The van der Waals surface area contributed by atoms with E-state index in [2.05, 4.69) is 13.8 Å². The van der Waals surface area contributed by atoms with Crippen LogP contribution in [0.25, 0.3) is 0 Å². The summed E-state index contributed by atoms with van der Waals surface area (Å²) in [7, 11) is 0. The smallest absolute Gasteiger partial charge is 0.0718 e. The van der Waals surface area contributed by atoms with Crippen molar-refractivity contribution in [3.63, 3.8) is 0 Å². The van der Waals surface area contributed by atoms with Crippen LogP contribution < -0.4 is 0 Å². The van der Waals surface area contributed by atoms with Crippen molar-refractivity contribution in [2.24, 2.45) is 0 Å². The fraction of sp³-hybridized carbons (Fsp3) is 0.500. The largest absolute Gasteiger partial charge is 0.118 e. The number of hydrogen-bond acceptors (Lipinski definition) is 8. The van der Waals surface area contributed by atoms with Gasteiger partial charge in [-0.1, -0.05) is 60.9 Å². The van der Waals surface area contributed by atoms with Gasteiger partial charge in [-0.3, -0.25) is 0 Å². The molecule has 3 heterocycles. The summed E-state index contributed by atoms with van der Waals surface area (Å²) in [4.78, 5) is 0. The zero-order valence-corrected chi connectivity index (χ0v) is 17.6. The molecule has 0 bridgehead atoms. The molecule has 1 fully saturated rings. The Hall–Kier alpha value is 2.02. The van der Waals surface area contributed by atoms with Crippen LogP contribution in [-0.2, 0) is 0 Å². The molecule has 0 aromatic heterocycles. The normalized spacial score (nSPS) is 22.2. The molecule has 110 valence electrons. The highest BCUT2D eigenvalue weighted by Gasteiger charge is 2.34. The lowest BCUT2D eigenvalue weighted by Crippen LogP contribution is -1.78. The van der Waals surface area contributed by atoms with Gasteiger partial charge in [0.1, 0.15) is 0 Å². The third kappa shape index (κ3) is 3.91. The average molecular weight is 415 g/mol. The monoisotopic (exact) mass is 414 g/mol. The van der Waals surface area contributed by atoms with E-state index in [1.165, 1.54) is 44.2 Å². The summed E-state index contributed by atoms with van der Waals surface area (Å²) in [5.74, 6) is 4.90. The predicted octanol–water partition coefficient (Wildman–Crippen LogP) is 7.31. The first-order chi connectivity index (χ1) is 9.81. The molecule has 0 unspecified atom stereocenters. The molecule has 3 rings (SSSR count). The van der Waals surface area contributed by atoms with Gasteiger partial charge in [-0.2, -0.15) is 0 Å². The fourth-order valence-corrected chi connectivity index (χ4v) is 13.6. The van der Waals surface area contributed by atoms with Gasteiger partial charge in [0.2, 0.25) is 0 Å². The summed E-state index contributed by atoms with van der Waals surface area (Å²) < 4.78 is 9.19. The lowest BCUT2D eigenvalue weighted by Gasteiger charge is -2.09. The lowest BCUT2D eigenvalue weighted by atomic mass is 11.0. The highest BCUT2D eigenvalue weighted by atomic mass is 32.3. The lowest BCUT2D eigenvalue weighted by molar-refractivity contribution is 1.53. The molecular weight excluding hydrogens is 401 g/mol. The average Bonchev–Trinajstić information content (AvgIpc) is 3.13. The van der Waals surface area contributed by atoms with E-state index in [1.807, 2.05) is 94.1 Å². The van der Waals surface area contributed by atoms with Gasteiger partial charge in [-0.15, -0.1) is 47.0 Å². The number of rotatable bonds is 4. The second-order valence-electron chi connectivity index (χ2n) is 3.70. The highest BCUT2D eigenvalue weighted by molar-refractivity contribution is 8.49. The Labute approximate surface area is 155 Å². The van der Waals surface area contributed by atoms with Crippen LogP contribution in [0.5, 0.6) is 0 Å². The molecule has 0 amide bonds. The van der Waals surface area contributed by atoms with E-state index >= 15 is 0 Å². The molecule has 3 aliphatic rings. The van der Waals surface area contributed by atoms with Gasteiger partial charge in [-0.25, -0.2) is 0 Å².